The smallest absolute Gasteiger partial charge is 0.346 e. The van der Waals surface area contributed by atoms with Gasteiger partial charge in [-0.2, -0.15) is 0 Å². The van der Waals surface area contributed by atoms with E-state index in [0.29, 0.717) is 35.8 Å². The summed E-state index contributed by atoms with van der Waals surface area (Å²) in [6.45, 7) is 13.1. The molecule has 2 aromatic carbocycles. The van der Waals surface area contributed by atoms with Gasteiger partial charge in [-0.3, -0.25) is 0 Å². The molecule has 1 heterocycles. The molecule has 0 aliphatic carbocycles. The lowest BCUT2D eigenvalue weighted by Crippen LogP contribution is -2.16. The van der Waals surface area contributed by atoms with E-state index in [-0.39, 0.29) is 29.3 Å². The van der Waals surface area contributed by atoms with Gasteiger partial charge in [-0.1, -0.05) is 34.6 Å². The van der Waals surface area contributed by atoms with Gasteiger partial charge >= 0.3 is 5.97 Å². The SMILES string of the molecule is COc1c([C@@H](O)CC(C)C)ccc2c1C(=O)OCc1cc(C)cc(OCCC(C)(C)C)c1O2. The van der Waals surface area contributed by atoms with Crippen molar-refractivity contribution in [1.29, 1.82) is 0 Å². The maximum absolute atomic E-state index is 13.0. The van der Waals surface area contributed by atoms with Crippen molar-refractivity contribution in [1.82, 2.24) is 0 Å². The number of ether oxygens (including phenoxy) is 4. The summed E-state index contributed by atoms with van der Waals surface area (Å²) in [5.41, 5.74) is 2.58. The molecular weight excluding hydrogens is 420 g/mol. The molecule has 33 heavy (non-hydrogen) atoms. The van der Waals surface area contributed by atoms with Crippen molar-refractivity contribution in [3.05, 3.63) is 46.5 Å². The predicted octanol–water partition coefficient (Wildman–Crippen LogP) is 6.36. The average molecular weight is 457 g/mol. The van der Waals surface area contributed by atoms with E-state index in [0.717, 1.165) is 17.5 Å². The van der Waals surface area contributed by atoms with E-state index in [2.05, 4.69) is 20.8 Å². The zero-order chi connectivity index (χ0) is 24.3. The van der Waals surface area contributed by atoms with Crippen molar-refractivity contribution >= 4 is 5.97 Å². The summed E-state index contributed by atoms with van der Waals surface area (Å²) in [4.78, 5) is 13.0. The average Bonchev–Trinajstić information content (AvgIpc) is 2.70. The van der Waals surface area contributed by atoms with E-state index >= 15 is 0 Å². The van der Waals surface area contributed by atoms with Crippen LogP contribution in [0.3, 0.4) is 0 Å². The fourth-order valence-corrected chi connectivity index (χ4v) is 3.85. The van der Waals surface area contributed by atoms with E-state index < -0.39 is 12.1 Å². The second kappa shape index (κ2) is 10.0. The van der Waals surface area contributed by atoms with Crippen LogP contribution >= 0.6 is 0 Å². The lowest BCUT2D eigenvalue weighted by atomic mass is 9.93. The van der Waals surface area contributed by atoms with Gasteiger partial charge in [-0.05, 0) is 60.9 Å². The molecule has 0 saturated carbocycles. The summed E-state index contributed by atoms with van der Waals surface area (Å²) < 4.78 is 23.6. The third-order valence-electron chi connectivity index (χ3n) is 5.57. The van der Waals surface area contributed by atoms with E-state index in [1.165, 1.54) is 7.11 Å². The zero-order valence-corrected chi connectivity index (χ0v) is 20.8. The molecule has 0 saturated heterocycles. The molecule has 0 bridgehead atoms. The standard InChI is InChI=1S/C27H36O6/c1-16(2)12-20(28)19-8-9-21-23(25(19)30-7)26(29)32-15-18-13-17(3)14-22(24(18)33-21)31-11-10-27(4,5)6/h8-9,13-14,16,20,28H,10-12,15H2,1-7H3/t20-/m0/s1. The lowest BCUT2D eigenvalue weighted by Gasteiger charge is -2.25. The van der Waals surface area contributed by atoms with Crippen LogP contribution in [0.2, 0.25) is 0 Å². The third-order valence-corrected chi connectivity index (χ3v) is 5.57. The molecule has 0 aromatic heterocycles. The molecule has 2 aromatic rings. The normalized spacial score (nSPS) is 14.4. The number of hydrogen-bond donors (Lipinski definition) is 1. The molecule has 0 amide bonds. The molecule has 0 radical (unpaired) electrons. The maximum atomic E-state index is 13.0. The second-order valence-electron chi connectivity index (χ2n) is 10.3. The van der Waals surface area contributed by atoms with Gasteiger partial charge in [0.05, 0.1) is 19.8 Å². The Hall–Kier alpha value is -2.73. The van der Waals surface area contributed by atoms with Gasteiger partial charge in [-0.15, -0.1) is 0 Å². The van der Waals surface area contributed by atoms with Crippen molar-refractivity contribution < 1.29 is 28.8 Å². The lowest BCUT2D eigenvalue weighted by molar-refractivity contribution is 0.0453. The number of hydrogen-bond acceptors (Lipinski definition) is 6. The number of esters is 1. The van der Waals surface area contributed by atoms with Crippen LogP contribution in [0.1, 0.15) is 80.6 Å². The van der Waals surface area contributed by atoms with Gasteiger partial charge in [0.1, 0.15) is 23.7 Å². The van der Waals surface area contributed by atoms with Crippen molar-refractivity contribution in [3.63, 3.8) is 0 Å². The Kier molecular flexibility index (Phi) is 7.58. The minimum absolute atomic E-state index is 0.0485. The highest BCUT2D eigenvalue weighted by atomic mass is 16.6. The highest BCUT2D eigenvalue weighted by molar-refractivity contribution is 5.96. The molecule has 0 fully saturated rings. The summed E-state index contributed by atoms with van der Waals surface area (Å²) in [7, 11) is 1.48. The Morgan fingerprint density at radius 2 is 1.91 bits per heavy atom. The molecular formula is C27H36O6. The Morgan fingerprint density at radius 1 is 1.18 bits per heavy atom. The van der Waals surface area contributed by atoms with Gasteiger partial charge in [-0.25, -0.2) is 4.79 Å². The van der Waals surface area contributed by atoms with Crippen LogP contribution in [0, 0.1) is 18.3 Å². The fourth-order valence-electron chi connectivity index (χ4n) is 3.85. The summed E-state index contributed by atoms with van der Waals surface area (Å²) in [6.07, 6.45) is 0.653. The highest BCUT2D eigenvalue weighted by Crippen LogP contribution is 2.44. The van der Waals surface area contributed by atoms with Gasteiger partial charge < -0.3 is 24.1 Å². The van der Waals surface area contributed by atoms with Gasteiger partial charge in [0.2, 0.25) is 0 Å². The summed E-state index contributed by atoms with van der Waals surface area (Å²) >= 11 is 0. The molecule has 1 atom stereocenters. The summed E-state index contributed by atoms with van der Waals surface area (Å²) in [6, 6.07) is 7.30. The highest BCUT2D eigenvalue weighted by Gasteiger charge is 2.30. The molecule has 180 valence electrons. The second-order valence-corrected chi connectivity index (χ2v) is 10.3. The van der Waals surface area contributed by atoms with E-state index in [1.54, 1.807) is 12.1 Å². The Morgan fingerprint density at radius 3 is 2.55 bits per heavy atom. The molecule has 6 nitrogen and oxygen atoms in total. The Bertz CT molecular complexity index is 1000. The van der Waals surface area contributed by atoms with Crippen LogP contribution in [-0.2, 0) is 11.3 Å². The van der Waals surface area contributed by atoms with Gasteiger partial charge in [0.25, 0.3) is 0 Å². The monoisotopic (exact) mass is 456 g/mol. The number of carbonyl (C=O) groups is 1. The maximum Gasteiger partial charge on any atom is 0.346 e. The van der Waals surface area contributed by atoms with Crippen LogP contribution < -0.4 is 14.2 Å². The van der Waals surface area contributed by atoms with E-state index in [1.807, 2.05) is 32.9 Å². The zero-order valence-electron chi connectivity index (χ0n) is 20.8. The van der Waals surface area contributed by atoms with Crippen molar-refractivity contribution in [3.8, 4) is 23.0 Å². The number of carbonyl (C=O) groups excluding carboxylic acids is 1. The number of rotatable bonds is 7. The number of cyclic esters (lactones) is 1. The Labute approximate surface area is 196 Å². The first kappa shape index (κ1) is 24.9. The van der Waals surface area contributed by atoms with Gasteiger partial charge in [0.15, 0.2) is 11.5 Å². The van der Waals surface area contributed by atoms with Crippen molar-refractivity contribution in [2.45, 2.75) is 67.1 Å². The van der Waals surface area contributed by atoms with Crippen molar-refractivity contribution in [2.75, 3.05) is 13.7 Å². The van der Waals surface area contributed by atoms with Crippen LogP contribution in [0.25, 0.3) is 0 Å². The minimum Gasteiger partial charge on any atom is -0.495 e. The number of aryl methyl sites for hydroxylation is 1. The molecule has 1 aliphatic heterocycles. The molecule has 3 rings (SSSR count). The summed E-state index contributed by atoms with van der Waals surface area (Å²) in [5, 5.41) is 10.7. The Balaban J connectivity index is 2.04. The van der Waals surface area contributed by atoms with Crippen molar-refractivity contribution in [2.24, 2.45) is 11.3 Å². The van der Waals surface area contributed by atoms with E-state index in [4.69, 9.17) is 18.9 Å². The molecule has 0 unspecified atom stereocenters. The first-order valence-electron chi connectivity index (χ1n) is 11.5. The van der Waals surface area contributed by atoms with Crippen LogP contribution in [0.15, 0.2) is 24.3 Å². The van der Waals surface area contributed by atoms with Crippen LogP contribution in [-0.4, -0.2) is 24.8 Å². The molecule has 1 N–H and O–H groups in total. The molecule has 6 heteroatoms. The van der Waals surface area contributed by atoms with Crippen LogP contribution in [0.5, 0.6) is 23.0 Å². The third kappa shape index (κ3) is 5.99. The number of aliphatic hydroxyl groups is 1. The van der Waals surface area contributed by atoms with Gasteiger partial charge in [0, 0.05) is 11.1 Å². The first-order chi connectivity index (χ1) is 15.5. The number of benzene rings is 2. The van der Waals surface area contributed by atoms with E-state index in [9.17, 15) is 9.90 Å². The predicted molar refractivity (Wildman–Crippen MR) is 127 cm³/mol. The largest absolute Gasteiger partial charge is 0.495 e. The quantitative estimate of drug-likeness (QED) is 0.489. The first-order valence-corrected chi connectivity index (χ1v) is 11.5. The van der Waals surface area contributed by atoms with Crippen LogP contribution in [0.4, 0.5) is 0 Å². The fraction of sp³-hybridized carbons (Fsp3) is 0.519. The number of fused-ring (bicyclic) bond motifs is 2. The number of methoxy groups -OCH3 is 1. The molecule has 0 spiro atoms. The number of aliphatic hydroxyl groups excluding tert-OH is 1. The topological polar surface area (TPSA) is 74.2 Å². The minimum atomic E-state index is -0.769. The summed E-state index contributed by atoms with van der Waals surface area (Å²) in [5.74, 6) is 1.45. The molecule has 1 aliphatic rings.